The Morgan fingerprint density at radius 2 is 2.14 bits per heavy atom. The average Bonchev–Trinajstić information content (AvgIpc) is 2.67. The summed E-state index contributed by atoms with van der Waals surface area (Å²) in [5.74, 6) is -0.908. The molecule has 2 rings (SSSR count). The zero-order valence-electron chi connectivity index (χ0n) is 13.2. The van der Waals surface area contributed by atoms with E-state index in [0.717, 1.165) is 42.6 Å². The molecule has 3 N–H and O–H groups in total. The molecule has 2 amide bonds. The Hall–Kier alpha value is -2.05. The van der Waals surface area contributed by atoms with E-state index in [9.17, 15) is 9.59 Å². The van der Waals surface area contributed by atoms with Crippen molar-refractivity contribution in [3.63, 3.8) is 0 Å². The number of carboxylic acids is 1. The number of aromatic amines is 1. The molecule has 1 atom stereocenters. The molecule has 7 nitrogen and oxygen atoms in total. The molecule has 0 spiro atoms. The Balaban J connectivity index is 2.14. The molecule has 7 heteroatoms. The molecule has 0 aliphatic carbocycles. The fourth-order valence-electron chi connectivity index (χ4n) is 3.08. The van der Waals surface area contributed by atoms with E-state index in [4.69, 9.17) is 5.11 Å². The number of carbonyl (C=O) groups is 2. The van der Waals surface area contributed by atoms with Gasteiger partial charge in [0.25, 0.3) is 0 Å². The van der Waals surface area contributed by atoms with Crippen LogP contribution in [-0.4, -0.2) is 45.3 Å². The fraction of sp³-hybridized carbons (Fsp3) is 0.667. The van der Waals surface area contributed by atoms with Gasteiger partial charge in [-0.2, -0.15) is 5.10 Å². The van der Waals surface area contributed by atoms with Gasteiger partial charge in [0.15, 0.2) is 0 Å². The molecular formula is C15H24N4O3. The maximum Gasteiger partial charge on any atom is 0.317 e. The number of H-pyrrole nitrogens is 1. The molecule has 1 aromatic rings. The van der Waals surface area contributed by atoms with E-state index in [2.05, 4.69) is 15.5 Å². The van der Waals surface area contributed by atoms with Crippen LogP contribution in [0.4, 0.5) is 4.79 Å². The minimum absolute atomic E-state index is 0.00563. The highest BCUT2D eigenvalue weighted by Crippen LogP contribution is 2.33. The van der Waals surface area contributed by atoms with E-state index in [1.807, 2.05) is 18.7 Å². The molecule has 1 fully saturated rings. The number of rotatable bonds is 4. The molecular weight excluding hydrogens is 284 g/mol. The van der Waals surface area contributed by atoms with Gasteiger partial charge in [-0.3, -0.25) is 9.89 Å². The SMILES string of the molecule is Cc1n[nH]c(C)c1C1CCCCCN1C(=O)NCCC(=O)O. The van der Waals surface area contributed by atoms with Crippen molar-refractivity contribution in [3.8, 4) is 0 Å². The lowest BCUT2D eigenvalue weighted by Gasteiger charge is -2.30. The van der Waals surface area contributed by atoms with Crippen LogP contribution in [0.3, 0.4) is 0 Å². The van der Waals surface area contributed by atoms with Crippen LogP contribution in [0.25, 0.3) is 0 Å². The topological polar surface area (TPSA) is 98.3 Å². The van der Waals surface area contributed by atoms with Crippen LogP contribution in [-0.2, 0) is 4.79 Å². The minimum atomic E-state index is -0.908. The number of hydrogen-bond donors (Lipinski definition) is 3. The summed E-state index contributed by atoms with van der Waals surface area (Å²) in [4.78, 5) is 24.9. The van der Waals surface area contributed by atoms with E-state index in [1.165, 1.54) is 0 Å². The average molecular weight is 308 g/mol. The number of urea groups is 1. The number of likely N-dealkylation sites (tertiary alicyclic amines) is 1. The van der Waals surface area contributed by atoms with E-state index >= 15 is 0 Å². The number of carbonyl (C=O) groups excluding carboxylic acids is 1. The van der Waals surface area contributed by atoms with E-state index < -0.39 is 5.97 Å². The summed E-state index contributed by atoms with van der Waals surface area (Å²) in [5.41, 5.74) is 3.01. The van der Waals surface area contributed by atoms with Gasteiger partial charge in [0.1, 0.15) is 0 Å². The van der Waals surface area contributed by atoms with Gasteiger partial charge in [0.2, 0.25) is 0 Å². The number of nitrogens with one attached hydrogen (secondary N) is 2. The number of amides is 2. The van der Waals surface area contributed by atoms with Crippen LogP contribution in [0.1, 0.15) is 55.1 Å². The van der Waals surface area contributed by atoms with E-state index in [1.54, 1.807) is 0 Å². The van der Waals surface area contributed by atoms with Gasteiger partial charge in [-0.25, -0.2) is 4.79 Å². The normalized spacial score (nSPS) is 18.8. The van der Waals surface area contributed by atoms with E-state index in [-0.39, 0.29) is 25.0 Å². The van der Waals surface area contributed by atoms with Crippen molar-refractivity contribution in [1.82, 2.24) is 20.4 Å². The third-order valence-electron chi connectivity index (χ3n) is 4.15. The molecule has 2 heterocycles. The summed E-state index contributed by atoms with van der Waals surface area (Å²) >= 11 is 0. The molecule has 0 bridgehead atoms. The first-order valence-electron chi connectivity index (χ1n) is 7.78. The van der Waals surface area contributed by atoms with Crippen molar-refractivity contribution in [2.45, 2.75) is 52.0 Å². The second-order valence-corrected chi connectivity index (χ2v) is 5.78. The molecule has 1 aromatic heterocycles. The standard InChI is InChI=1S/C15H24N4O3/c1-10-14(11(2)18-17-10)12-6-4-3-5-9-19(12)15(22)16-8-7-13(20)21/h12H,3-9H2,1-2H3,(H,16,22)(H,17,18)(H,20,21). The Morgan fingerprint density at radius 1 is 1.36 bits per heavy atom. The number of nitrogens with zero attached hydrogens (tertiary/aromatic N) is 2. The Labute approximate surface area is 130 Å². The zero-order chi connectivity index (χ0) is 16.1. The highest BCUT2D eigenvalue weighted by molar-refractivity contribution is 5.76. The lowest BCUT2D eigenvalue weighted by atomic mass is 9.99. The van der Waals surface area contributed by atoms with Gasteiger partial charge >= 0.3 is 12.0 Å². The highest BCUT2D eigenvalue weighted by Gasteiger charge is 2.29. The zero-order valence-corrected chi connectivity index (χ0v) is 13.2. The molecule has 122 valence electrons. The largest absolute Gasteiger partial charge is 0.481 e. The molecule has 1 saturated heterocycles. The van der Waals surface area contributed by atoms with Crippen LogP contribution >= 0.6 is 0 Å². The number of hydrogen-bond acceptors (Lipinski definition) is 3. The van der Waals surface area contributed by atoms with Crippen LogP contribution < -0.4 is 5.32 Å². The second-order valence-electron chi connectivity index (χ2n) is 5.78. The van der Waals surface area contributed by atoms with Crippen LogP contribution in [0, 0.1) is 13.8 Å². The fourth-order valence-corrected chi connectivity index (χ4v) is 3.08. The van der Waals surface area contributed by atoms with Gasteiger partial charge in [0, 0.05) is 24.3 Å². The lowest BCUT2D eigenvalue weighted by molar-refractivity contribution is -0.136. The van der Waals surface area contributed by atoms with Gasteiger partial charge < -0.3 is 15.3 Å². The third kappa shape index (κ3) is 3.78. The van der Waals surface area contributed by atoms with Gasteiger partial charge in [0.05, 0.1) is 18.2 Å². The summed E-state index contributed by atoms with van der Waals surface area (Å²) in [6, 6.07) is -0.181. The molecule has 1 aliphatic heterocycles. The summed E-state index contributed by atoms with van der Waals surface area (Å²) in [6.45, 7) is 4.76. The Bertz CT molecular complexity index is 521. The van der Waals surface area contributed by atoms with E-state index in [0.29, 0.717) is 6.54 Å². The van der Waals surface area contributed by atoms with Crippen molar-refractivity contribution in [1.29, 1.82) is 0 Å². The first kappa shape index (κ1) is 16.3. The smallest absolute Gasteiger partial charge is 0.317 e. The summed E-state index contributed by atoms with van der Waals surface area (Å²) in [6.07, 6.45) is 4.00. The maximum absolute atomic E-state index is 12.5. The predicted molar refractivity (Wildman–Crippen MR) is 81.6 cm³/mol. The molecule has 1 aliphatic rings. The minimum Gasteiger partial charge on any atom is -0.481 e. The number of aliphatic carboxylic acids is 1. The first-order chi connectivity index (χ1) is 10.5. The first-order valence-corrected chi connectivity index (χ1v) is 7.78. The number of aromatic nitrogens is 2. The maximum atomic E-state index is 12.5. The molecule has 1 unspecified atom stereocenters. The predicted octanol–water partition coefficient (Wildman–Crippen LogP) is 2.13. The van der Waals surface area contributed by atoms with Crippen LogP contribution in [0.2, 0.25) is 0 Å². The van der Waals surface area contributed by atoms with Gasteiger partial charge in [-0.15, -0.1) is 0 Å². The number of carboxylic acid groups (broad SMARTS) is 1. The monoisotopic (exact) mass is 308 g/mol. The molecule has 0 radical (unpaired) electrons. The summed E-state index contributed by atoms with van der Waals surface area (Å²) < 4.78 is 0. The third-order valence-corrected chi connectivity index (χ3v) is 4.15. The van der Waals surface area contributed by atoms with Gasteiger partial charge in [-0.05, 0) is 26.7 Å². The van der Waals surface area contributed by atoms with Crippen molar-refractivity contribution >= 4 is 12.0 Å². The number of aryl methyl sites for hydroxylation is 2. The van der Waals surface area contributed by atoms with Crippen molar-refractivity contribution in [2.75, 3.05) is 13.1 Å². The van der Waals surface area contributed by atoms with Crippen molar-refractivity contribution in [3.05, 3.63) is 17.0 Å². The molecule has 0 saturated carbocycles. The molecule has 22 heavy (non-hydrogen) atoms. The highest BCUT2D eigenvalue weighted by atomic mass is 16.4. The van der Waals surface area contributed by atoms with Crippen molar-refractivity contribution in [2.24, 2.45) is 0 Å². The van der Waals surface area contributed by atoms with Crippen LogP contribution in [0.15, 0.2) is 0 Å². The van der Waals surface area contributed by atoms with Gasteiger partial charge in [-0.1, -0.05) is 12.8 Å². The quantitative estimate of drug-likeness (QED) is 0.793. The molecule has 0 aromatic carbocycles. The summed E-state index contributed by atoms with van der Waals surface area (Å²) in [7, 11) is 0. The Morgan fingerprint density at radius 3 is 2.77 bits per heavy atom. The summed E-state index contributed by atoms with van der Waals surface area (Å²) in [5, 5.41) is 18.6. The second kappa shape index (κ2) is 7.29. The van der Waals surface area contributed by atoms with Crippen LogP contribution in [0.5, 0.6) is 0 Å². The van der Waals surface area contributed by atoms with Crippen molar-refractivity contribution < 1.29 is 14.7 Å². The Kier molecular flexibility index (Phi) is 5.41. The lowest BCUT2D eigenvalue weighted by Crippen LogP contribution is -2.43.